The standard InChI is InChI=1S/2C8H16O2.H2Te/c2*1-2-3-4-5-6-7-8(9)10;/h2*2-7H2,1H3,(H,9,10);1H2. The van der Waals surface area contributed by atoms with Crippen LogP contribution < -0.4 is 0 Å². The summed E-state index contributed by atoms with van der Waals surface area (Å²) < 4.78 is 0. The Morgan fingerprint density at radius 3 is 1.14 bits per heavy atom. The Bertz CT molecular complexity index is 208. The van der Waals surface area contributed by atoms with Gasteiger partial charge in [-0.2, -0.15) is 0 Å². The first-order chi connectivity index (χ1) is 9.54. The van der Waals surface area contributed by atoms with E-state index in [0.717, 1.165) is 25.7 Å². The molecule has 0 rings (SSSR count). The SMILES string of the molecule is CCCCCCCC(=O)O.CCCCCCCC(=O)O.[TeH2]. The van der Waals surface area contributed by atoms with Gasteiger partial charge < -0.3 is 10.2 Å². The van der Waals surface area contributed by atoms with Crippen molar-refractivity contribution in [1.82, 2.24) is 0 Å². The molecule has 0 saturated heterocycles. The van der Waals surface area contributed by atoms with Gasteiger partial charge in [0.15, 0.2) is 0 Å². The Hall–Kier alpha value is -0.270. The van der Waals surface area contributed by atoms with Crippen molar-refractivity contribution in [3.05, 3.63) is 0 Å². The van der Waals surface area contributed by atoms with E-state index < -0.39 is 11.9 Å². The number of aliphatic carboxylic acids is 2. The van der Waals surface area contributed by atoms with Crippen LogP contribution in [0.2, 0.25) is 0 Å². The Balaban J connectivity index is -0.000000295. The predicted molar refractivity (Wildman–Crippen MR) is 90.6 cm³/mol. The van der Waals surface area contributed by atoms with Crippen LogP contribution in [0.25, 0.3) is 0 Å². The molecule has 128 valence electrons. The van der Waals surface area contributed by atoms with Crippen LogP contribution in [-0.4, -0.2) is 45.8 Å². The van der Waals surface area contributed by atoms with Crippen molar-refractivity contribution >= 4 is 35.6 Å². The van der Waals surface area contributed by atoms with Gasteiger partial charge in [0, 0.05) is 12.8 Å². The summed E-state index contributed by atoms with van der Waals surface area (Å²) in [5, 5.41) is 16.5. The van der Waals surface area contributed by atoms with Gasteiger partial charge in [-0.15, -0.1) is 0 Å². The monoisotopic (exact) mass is 420 g/mol. The maximum absolute atomic E-state index is 10.0. The van der Waals surface area contributed by atoms with E-state index in [9.17, 15) is 9.59 Å². The third-order valence-corrected chi connectivity index (χ3v) is 2.99. The maximum atomic E-state index is 10.0. The van der Waals surface area contributed by atoms with E-state index in [4.69, 9.17) is 10.2 Å². The van der Waals surface area contributed by atoms with Crippen LogP contribution in [-0.2, 0) is 9.59 Å². The van der Waals surface area contributed by atoms with Crippen LogP contribution in [0.5, 0.6) is 0 Å². The Labute approximate surface area is 146 Å². The normalized spacial score (nSPS) is 9.24. The van der Waals surface area contributed by atoms with Crippen molar-refractivity contribution in [2.24, 2.45) is 0 Å². The molecule has 0 spiro atoms. The van der Waals surface area contributed by atoms with E-state index in [1.54, 1.807) is 0 Å². The molecule has 0 aromatic rings. The Morgan fingerprint density at radius 2 is 0.905 bits per heavy atom. The van der Waals surface area contributed by atoms with Gasteiger partial charge in [0.05, 0.1) is 0 Å². The van der Waals surface area contributed by atoms with Gasteiger partial charge in [0.2, 0.25) is 0 Å². The van der Waals surface area contributed by atoms with E-state index in [0.29, 0.717) is 12.8 Å². The molecule has 0 unspecified atom stereocenters. The first kappa shape index (κ1) is 25.7. The molecule has 0 aromatic carbocycles. The van der Waals surface area contributed by atoms with Crippen molar-refractivity contribution in [3.8, 4) is 0 Å². The average molecular weight is 418 g/mol. The van der Waals surface area contributed by atoms with E-state index in [2.05, 4.69) is 13.8 Å². The molecular formula is C16H34O4Te. The fourth-order valence-corrected chi connectivity index (χ4v) is 1.76. The van der Waals surface area contributed by atoms with Gasteiger partial charge in [0.1, 0.15) is 0 Å². The summed E-state index contributed by atoms with van der Waals surface area (Å²) in [6.07, 6.45) is 11.8. The number of hydrogen-bond donors (Lipinski definition) is 2. The zero-order valence-corrected chi connectivity index (χ0v) is 16.6. The number of carbonyl (C=O) groups is 2. The zero-order chi connectivity index (χ0) is 15.6. The van der Waals surface area contributed by atoms with Gasteiger partial charge in [-0.1, -0.05) is 65.2 Å². The minimum absolute atomic E-state index is 0. The third kappa shape index (κ3) is 32.9. The summed E-state index contributed by atoms with van der Waals surface area (Å²) in [6, 6.07) is 0. The topological polar surface area (TPSA) is 74.6 Å². The first-order valence-electron chi connectivity index (χ1n) is 7.98. The fourth-order valence-electron chi connectivity index (χ4n) is 1.76. The average Bonchev–Trinajstić information content (AvgIpc) is 2.38. The summed E-state index contributed by atoms with van der Waals surface area (Å²) >= 11 is 0. The van der Waals surface area contributed by atoms with Crippen molar-refractivity contribution < 1.29 is 19.8 Å². The summed E-state index contributed by atoms with van der Waals surface area (Å²) in [5.41, 5.74) is 0. The van der Waals surface area contributed by atoms with E-state index in [1.165, 1.54) is 38.5 Å². The molecule has 0 bridgehead atoms. The van der Waals surface area contributed by atoms with Crippen LogP contribution in [0.3, 0.4) is 0 Å². The van der Waals surface area contributed by atoms with Crippen molar-refractivity contribution in [1.29, 1.82) is 0 Å². The number of rotatable bonds is 12. The van der Waals surface area contributed by atoms with Gasteiger partial charge in [-0.25, -0.2) is 0 Å². The molecular weight excluding hydrogens is 384 g/mol. The Kier molecular flexibility index (Phi) is 26.9. The molecule has 0 aliphatic heterocycles. The summed E-state index contributed by atoms with van der Waals surface area (Å²) in [6.45, 7) is 4.30. The number of unbranched alkanes of at least 4 members (excludes halogenated alkanes) is 8. The van der Waals surface area contributed by atoms with Gasteiger partial charge >= 0.3 is 35.6 Å². The number of carboxylic acids is 2. The molecule has 5 heteroatoms. The summed E-state index contributed by atoms with van der Waals surface area (Å²) in [5.74, 6) is -1.34. The first-order valence-corrected chi connectivity index (χ1v) is 7.98. The molecule has 2 N–H and O–H groups in total. The van der Waals surface area contributed by atoms with Crippen molar-refractivity contribution in [3.63, 3.8) is 0 Å². The molecule has 21 heavy (non-hydrogen) atoms. The predicted octanol–water partition coefficient (Wildman–Crippen LogP) is 3.95. The van der Waals surface area contributed by atoms with Crippen LogP contribution in [0.1, 0.15) is 90.9 Å². The van der Waals surface area contributed by atoms with E-state index >= 15 is 0 Å². The zero-order valence-electron chi connectivity index (χ0n) is 13.7. The molecule has 0 aromatic heterocycles. The molecule has 4 nitrogen and oxygen atoms in total. The van der Waals surface area contributed by atoms with Crippen LogP contribution in [0.15, 0.2) is 0 Å². The molecule has 0 fully saturated rings. The molecule has 0 saturated carbocycles. The quantitative estimate of drug-likeness (QED) is 0.372. The molecule has 0 aliphatic carbocycles. The van der Waals surface area contributed by atoms with Crippen LogP contribution >= 0.6 is 0 Å². The molecule has 0 aliphatic rings. The van der Waals surface area contributed by atoms with Gasteiger partial charge in [-0.3, -0.25) is 9.59 Å². The summed E-state index contributed by atoms with van der Waals surface area (Å²) in [4.78, 5) is 20.1. The van der Waals surface area contributed by atoms with Gasteiger partial charge in [0.25, 0.3) is 0 Å². The van der Waals surface area contributed by atoms with Crippen molar-refractivity contribution in [2.45, 2.75) is 90.9 Å². The van der Waals surface area contributed by atoms with E-state index in [-0.39, 0.29) is 23.7 Å². The molecule has 0 atom stereocenters. The fraction of sp³-hybridized carbons (Fsp3) is 0.875. The molecule has 0 radical (unpaired) electrons. The minimum atomic E-state index is -0.670. The number of hydrogen-bond acceptors (Lipinski definition) is 2. The summed E-state index contributed by atoms with van der Waals surface area (Å²) in [7, 11) is 0. The van der Waals surface area contributed by atoms with Gasteiger partial charge in [-0.05, 0) is 12.8 Å². The van der Waals surface area contributed by atoms with Crippen molar-refractivity contribution in [2.75, 3.05) is 0 Å². The molecule has 0 heterocycles. The number of carboxylic acid groups (broad SMARTS) is 2. The van der Waals surface area contributed by atoms with E-state index in [1.807, 2.05) is 0 Å². The van der Waals surface area contributed by atoms with Crippen LogP contribution in [0.4, 0.5) is 0 Å². The second kappa shape index (κ2) is 22.0. The molecule has 0 amide bonds. The second-order valence-electron chi connectivity index (χ2n) is 5.12. The van der Waals surface area contributed by atoms with Crippen LogP contribution in [0, 0.1) is 0 Å². The second-order valence-corrected chi connectivity index (χ2v) is 5.12. The third-order valence-electron chi connectivity index (χ3n) is 2.99. The Morgan fingerprint density at radius 1 is 0.619 bits per heavy atom.